The molecule has 0 unspecified atom stereocenters. The quantitative estimate of drug-likeness (QED) is 0.879. The number of carbonyl (C=O) groups excluding carboxylic acids is 1. The van der Waals surface area contributed by atoms with E-state index < -0.39 is 0 Å². The van der Waals surface area contributed by atoms with E-state index in [0.717, 1.165) is 38.9 Å². The number of hydrogen-bond donors (Lipinski definition) is 1. The molecule has 1 saturated heterocycles. The summed E-state index contributed by atoms with van der Waals surface area (Å²) < 4.78 is 5.02. The van der Waals surface area contributed by atoms with Gasteiger partial charge >= 0.3 is 0 Å². The molecule has 2 heterocycles. The summed E-state index contributed by atoms with van der Waals surface area (Å²) in [6.07, 6.45) is 4.62. The molecule has 1 fully saturated rings. The summed E-state index contributed by atoms with van der Waals surface area (Å²) >= 11 is 0. The van der Waals surface area contributed by atoms with Crippen LogP contribution in [0.2, 0.25) is 0 Å². The van der Waals surface area contributed by atoms with Crippen molar-refractivity contribution in [2.24, 2.45) is 0 Å². The van der Waals surface area contributed by atoms with Crippen LogP contribution in [0, 0.1) is 0 Å². The van der Waals surface area contributed by atoms with Crippen LogP contribution in [0.25, 0.3) is 0 Å². The number of nitrogens with one attached hydrogen (secondary N) is 1. The molecule has 3 rings (SSSR count). The van der Waals surface area contributed by atoms with E-state index in [1.165, 1.54) is 5.56 Å². The number of pyridine rings is 1. The Hall–Kier alpha value is -2.40. The van der Waals surface area contributed by atoms with E-state index in [4.69, 9.17) is 4.74 Å². The molecule has 0 radical (unpaired) electrons. The number of amides is 1. The van der Waals surface area contributed by atoms with E-state index in [1.807, 2.05) is 0 Å². The van der Waals surface area contributed by atoms with Crippen molar-refractivity contribution in [3.05, 3.63) is 59.8 Å². The lowest BCUT2D eigenvalue weighted by molar-refractivity contribution is 0.0911. The normalized spacial score (nSPS) is 15.7. The van der Waals surface area contributed by atoms with Crippen LogP contribution >= 0.6 is 0 Å². The minimum atomic E-state index is -0.0575. The third-order valence-electron chi connectivity index (χ3n) is 4.69. The Bertz CT molecular complexity index is 665. The number of piperidine rings is 1. The van der Waals surface area contributed by atoms with Crippen molar-refractivity contribution < 1.29 is 9.53 Å². The predicted octanol–water partition coefficient (Wildman–Crippen LogP) is 2.53. The average molecular weight is 339 g/mol. The summed E-state index contributed by atoms with van der Waals surface area (Å²) in [5.74, 6) is 0.459. The van der Waals surface area contributed by atoms with Crippen LogP contribution in [-0.4, -0.2) is 48.6 Å². The van der Waals surface area contributed by atoms with Crippen LogP contribution in [0.3, 0.4) is 0 Å². The second kappa shape index (κ2) is 8.62. The number of rotatable bonds is 6. The van der Waals surface area contributed by atoms with Gasteiger partial charge in [0.15, 0.2) is 0 Å². The number of ether oxygens (including phenoxy) is 1. The van der Waals surface area contributed by atoms with Crippen molar-refractivity contribution in [2.45, 2.75) is 25.3 Å². The van der Waals surface area contributed by atoms with E-state index in [-0.39, 0.29) is 11.9 Å². The molecule has 1 aliphatic rings. The lowest BCUT2D eigenvalue weighted by Gasteiger charge is -2.32. The first-order valence-electron chi connectivity index (χ1n) is 8.82. The lowest BCUT2D eigenvalue weighted by atomic mass is 10.0. The van der Waals surface area contributed by atoms with Crippen LogP contribution in [0.4, 0.5) is 0 Å². The molecular weight excluding hydrogens is 314 g/mol. The molecule has 0 saturated carbocycles. The van der Waals surface area contributed by atoms with Gasteiger partial charge < -0.3 is 15.0 Å². The maximum Gasteiger partial charge on any atom is 0.253 e. The van der Waals surface area contributed by atoms with Crippen LogP contribution in [0.5, 0.6) is 5.88 Å². The Balaban J connectivity index is 1.41. The van der Waals surface area contributed by atoms with Gasteiger partial charge in [-0.25, -0.2) is 4.98 Å². The van der Waals surface area contributed by atoms with E-state index >= 15 is 0 Å². The number of nitrogens with zero attached hydrogens (tertiary/aromatic N) is 2. The Labute approximate surface area is 149 Å². The molecule has 5 nitrogen and oxygen atoms in total. The monoisotopic (exact) mass is 339 g/mol. The minimum absolute atomic E-state index is 0.0575. The molecule has 1 N–H and O–H groups in total. The van der Waals surface area contributed by atoms with Crippen molar-refractivity contribution in [3.63, 3.8) is 0 Å². The van der Waals surface area contributed by atoms with Crippen molar-refractivity contribution in [1.82, 2.24) is 15.2 Å². The van der Waals surface area contributed by atoms with Gasteiger partial charge in [0.2, 0.25) is 5.88 Å². The fourth-order valence-electron chi connectivity index (χ4n) is 3.14. The summed E-state index contributed by atoms with van der Waals surface area (Å²) in [4.78, 5) is 18.9. The van der Waals surface area contributed by atoms with Gasteiger partial charge in [0.1, 0.15) is 0 Å². The molecule has 0 aliphatic carbocycles. The molecular formula is C20H25N3O2. The number of benzene rings is 1. The lowest BCUT2D eigenvalue weighted by Crippen LogP contribution is -2.45. The summed E-state index contributed by atoms with van der Waals surface area (Å²) in [5.41, 5.74) is 1.96. The second-order valence-electron chi connectivity index (χ2n) is 6.41. The number of hydrogen-bond acceptors (Lipinski definition) is 4. The molecule has 0 bridgehead atoms. The third-order valence-corrected chi connectivity index (χ3v) is 4.69. The molecule has 2 aromatic rings. The highest BCUT2D eigenvalue weighted by molar-refractivity contribution is 5.94. The van der Waals surface area contributed by atoms with Crippen molar-refractivity contribution in [1.29, 1.82) is 0 Å². The summed E-state index contributed by atoms with van der Waals surface area (Å²) in [7, 11) is 1.56. The van der Waals surface area contributed by atoms with E-state index in [2.05, 4.69) is 45.5 Å². The van der Waals surface area contributed by atoms with Gasteiger partial charge in [0.05, 0.1) is 12.7 Å². The van der Waals surface area contributed by atoms with Crippen LogP contribution in [-0.2, 0) is 6.42 Å². The largest absolute Gasteiger partial charge is 0.481 e. The fraction of sp³-hybridized carbons (Fsp3) is 0.400. The van der Waals surface area contributed by atoms with Gasteiger partial charge in [-0.1, -0.05) is 30.3 Å². The molecule has 1 aliphatic heterocycles. The first-order valence-corrected chi connectivity index (χ1v) is 8.82. The summed E-state index contributed by atoms with van der Waals surface area (Å²) in [6.45, 7) is 3.13. The first-order chi connectivity index (χ1) is 12.2. The molecule has 25 heavy (non-hydrogen) atoms. The van der Waals surface area contributed by atoms with Gasteiger partial charge in [-0.05, 0) is 30.9 Å². The Kier molecular flexibility index (Phi) is 6.01. The molecule has 5 heteroatoms. The Morgan fingerprint density at radius 1 is 1.20 bits per heavy atom. The maximum atomic E-state index is 12.3. The average Bonchev–Trinajstić information content (AvgIpc) is 2.68. The Morgan fingerprint density at radius 3 is 2.60 bits per heavy atom. The summed E-state index contributed by atoms with van der Waals surface area (Å²) in [5, 5.41) is 3.12. The molecule has 1 amide bonds. The van der Waals surface area contributed by atoms with Crippen molar-refractivity contribution >= 4 is 5.91 Å². The van der Waals surface area contributed by atoms with Crippen LogP contribution < -0.4 is 10.1 Å². The molecule has 132 valence electrons. The van der Waals surface area contributed by atoms with E-state index in [0.29, 0.717) is 11.4 Å². The van der Waals surface area contributed by atoms with Crippen molar-refractivity contribution in [2.75, 3.05) is 26.7 Å². The fourth-order valence-corrected chi connectivity index (χ4v) is 3.14. The smallest absolute Gasteiger partial charge is 0.253 e. The number of carbonyl (C=O) groups is 1. The van der Waals surface area contributed by atoms with Gasteiger partial charge in [0.25, 0.3) is 5.91 Å². The van der Waals surface area contributed by atoms with Crippen LogP contribution in [0.15, 0.2) is 48.7 Å². The molecule has 0 spiro atoms. The standard InChI is InChI=1S/C20H25N3O2/c1-25-19-8-7-17(15-21-19)20(24)22-18-10-13-23(14-11-18)12-9-16-5-3-2-4-6-16/h2-8,15,18H,9-14H2,1H3,(H,22,24). The van der Waals surface area contributed by atoms with Crippen LogP contribution in [0.1, 0.15) is 28.8 Å². The zero-order chi connectivity index (χ0) is 17.5. The number of aromatic nitrogens is 1. The zero-order valence-electron chi connectivity index (χ0n) is 14.6. The third kappa shape index (κ3) is 5.03. The molecule has 0 atom stereocenters. The molecule has 1 aromatic heterocycles. The highest BCUT2D eigenvalue weighted by Gasteiger charge is 2.21. The second-order valence-corrected chi connectivity index (χ2v) is 6.41. The minimum Gasteiger partial charge on any atom is -0.481 e. The maximum absolute atomic E-state index is 12.3. The SMILES string of the molecule is COc1ccc(C(=O)NC2CCN(CCc3ccccc3)CC2)cn1. The molecule has 1 aromatic carbocycles. The number of likely N-dealkylation sites (tertiary alicyclic amines) is 1. The van der Waals surface area contributed by atoms with E-state index in [9.17, 15) is 4.79 Å². The van der Waals surface area contributed by atoms with Gasteiger partial charge in [-0.3, -0.25) is 4.79 Å². The van der Waals surface area contributed by atoms with Crippen molar-refractivity contribution in [3.8, 4) is 5.88 Å². The highest BCUT2D eigenvalue weighted by atomic mass is 16.5. The van der Waals surface area contributed by atoms with Gasteiger partial charge in [-0.15, -0.1) is 0 Å². The zero-order valence-corrected chi connectivity index (χ0v) is 14.6. The van der Waals surface area contributed by atoms with Gasteiger partial charge in [-0.2, -0.15) is 0 Å². The predicted molar refractivity (Wildman–Crippen MR) is 97.9 cm³/mol. The highest BCUT2D eigenvalue weighted by Crippen LogP contribution is 2.13. The van der Waals surface area contributed by atoms with Gasteiger partial charge in [0, 0.05) is 37.9 Å². The van der Waals surface area contributed by atoms with E-state index in [1.54, 1.807) is 25.4 Å². The topological polar surface area (TPSA) is 54.5 Å². The Morgan fingerprint density at radius 2 is 1.96 bits per heavy atom. The number of methoxy groups -OCH3 is 1. The first kappa shape index (κ1) is 17.4. The summed E-state index contributed by atoms with van der Waals surface area (Å²) in [6, 6.07) is 14.3.